The standard InChI is InChI=1S/C12H16N2O2S/c15-12(10-2-1-6-16-10)14(9-3-4-9)8-11-13-5-7-17-11/h5,7,9-10H,1-4,6,8H2. The van der Waals surface area contributed by atoms with Crippen molar-refractivity contribution >= 4 is 17.2 Å². The van der Waals surface area contributed by atoms with E-state index in [1.54, 1.807) is 17.5 Å². The molecular weight excluding hydrogens is 236 g/mol. The Morgan fingerprint density at radius 3 is 3.00 bits per heavy atom. The lowest BCUT2D eigenvalue weighted by Crippen LogP contribution is -2.39. The van der Waals surface area contributed by atoms with Gasteiger partial charge in [0.15, 0.2) is 0 Å². The average molecular weight is 252 g/mol. The van der Waals surface area contributed by atoms with Gasteiger partial charge in [-0.25, -0.2) is 4.98 Å². The molecule has 5 heteroatoms. The number of hydrogen-bond acceptors (Lipinski definition) is 4. The maximum Gasteiger partial charge on any atom is 0.252 e. The molecule has 2 aliphatic rings. The monoisotopic (exact) mass is 252 g/mol. The van der Waals surface area contributed by atoms with E-state index < -0.39 is 0 Å². The minimum absolute atomic E-state index is 0.167. The van der Waals surface area contributed by atoms with Crippen LogP contribution in [0, 0.1) is 0 Å². The van der Waals surface area contributed by atoms with Crippen LogP contribution in [0.25, 0.3) is 0 Å². The molecule has 1 atom stereocenters. The van der Waals surface area contributed by atoms with Crippen molar-refractivity contribution in [2.24, 2.45) is 0 Å². The molecule has 1 aliphatic heterocycles. The van der Waals surface area contributed by atoms with Crippen LogP contribution >= 0.6 is 11.3 Å². The van der Waals surface area contributed by atoms with Crippen molar-refractivity contribution in [3.05, 3.63) is 16.6 Å². The summed E-state index contributed by atoms with van der Waals surface area (Å²) in [5.74, 6) is 0.167. The third-order valence-corrected chi connectivity index (χ3v) is 4.03. The zero-order valence-corrected chi connectivity index (χ0v) is 10.5. The fourth-order valence-corrected chi connectivity index (χ4v) is 2.82. The second kappa shape index (κ2) is 4.74. The van der Waals surface area contributed by atoms with E-state index in [-0.39, 0.29) is 12.0 Å². The predicted molar refractivity (Wildman–Crippen MR) is 64.7 cm³/mol. The molecule has 4 nitrogen and oxygen atoms in total. The molecule has 1 saturated heterocycles. The maximum atomic E-state index is 12.3. The van der Waals surface area contributed by atoms with Crippen molar-refractivity contribution in [3.63, 3.8) is 0 Å². The van der Waals surface area contributed by atoms with Crippen LogP contribution in [0.15, 0.2) is 11.6 Å². The minimum Gasteiger partial charge on any atom is -0.368 e. The number of carbonyl (C=O) groups excluding carboxylic acids is 1. The lowest BCUT2D eigenvalue weighted by Gasteiger charge is -2.24. The number of aromatic nitrogens is 1. The van der Waals surface area contributed by atoms with E-state index >= 15 is 0 Å². The van der Waals surface area contributed by atoms with Crippen LogP contribution in [0.2, 0.25) is 0 Å². The molecule has 0 N–H and O–H groups in total. The SMILES string of the molecule is O=C(C1CCCO1)N(Cc1nccs1)C1CC1. The summed E-state index contributed by atoms with van der Waals surface area (Å²) in [7, 11) is 0. The molecule has 1 aliphatic carbocycles. The summed E-state index contributed by atoms with van der Waals surface area (Å²) in [6.45, 7) is 1.38. The molecule has 0 spiro atoms. The van der Waals surface area contributed by atoms with E-state index in [1.165, 1.54) is 0 Å². The fraction of sp³-hybridized carbons (Fsp3) is 0.667. The van der Waals surface area contributed by atoms with E-state index in [0.717, 1.165) is 37.3 Å². The van der Waals surface area contributed by atoms with Gasteiger partial charge in [-0.15, -0.1) is 11.3 Å². The number of thiazole rings is 1. The van der Waals surface area contributed by atoms with Gasteiger partial charge < -0.3 is 9.64 Å². The first-order valence-electron chi connectivity index (χ1n) is 6.15. The number of ether oxygens (including phenoxy) is 1. The molecule has 0 bridgehead atoms. The quantitative estimate of drug-likeness (QED) is 0.820. The molecule has 1 aromatic rings. The average Bonchev–Trinajstić information content (AvgIpc) is 2.86. The highest BCUT2D eigenvalue weighted by atomic mass is 32.1. The van der Waals surface area contributed by atoms with Crippen molar-refractivity contribution in [2.75, 3.05) is 6.61 Å². The van der Waals surface area contributed by atoms with Crippen LogP contribution < -0.4 is 0 Å². The van der Waals surface area contributed by atoms with E-state index in [1.807, 2.05) is 10.3 Å². The first kappa shape index (κ1) is 11.2. The zero-order chi connectivity index (χ0) is 11.7. The molecular formula is C12H16N2O2S. The third kappa shape index (κ3) is 2.50. The molecule has 1 unspecified atom stereocenters. The molecule has 1 amide bonds. The Morgan fingerprint density at radius 2 is 2.41 bits per heavy atom. The van der Waals surface area contributed by atoms with Gasteiger partial charge in [0.1, 0.15) is 11.1 Å². The van der Waals surface area contributed by atoms with Crippen LogP contribution in [0.5, 0.6) is 0 Å². The van der Waals surface area contributed by atoms with Gasteiger partial charge >= 0.3 is 0 Å². The maximum absolute atomic E-state index is 12.3. The summed E-state index contributed by atoms with van der Waals surface area (Å²) in [4.78, 5) is 18.6. The zero-order valence-electron chi connectivity index (χ0n) is 9.67. The van der Waals surface area contributed by atoms with Crippen molar-refractivity contribution < 1.29 is 9.53 Å². The van der Waals surface area contributed by atoms with Crippen molar-refractivity contribution in [2.45, 2.75) is 44.4 Å². The van der Waals surface area contributed by atoms with Gasteiger partial charge in [-0.05, 0) is 25.7 Å². The number of hydrogen-bond donors (Lipinski definition) is 0. The van der Waals surface area contributed by atoms with Gasteiger partial charge in [0.2, 0.25) is 0 Å². The molecule has 2 fully saturated rings. The van der Waals surface area contributed by atoms with E-state index in [9.17, 15) is 4.79 Å². The topological polar surface area (TPSA) is 42.4 Å². The highest BCUT2D eigenvalue weighted by molar-refractivity contribution is 7.09. The Balaban J connectivity index is 1.68. The highest BCUT2D eigenvalue weighted by Crippen LogP contribution is 2.30. The molecule has 92 valence electrons. The van der Waals surface area contributed by atoms with Crippen LogP contribution in [0.1, 0.15) is 30.7 Å². The summed E-state index contributed by atoms with van der Waals surface area (Å²) in [5.41, 5.74) is 0. The second-order valence-electron chi connectivity index (χ2n) is 4.62. The van der Waals surface area contributed by atoms with Crippen LogP contribution in [-0.2, 0) is 16.1 Å². The van der Waals surface area contributed by atoms with Gasteiger partial charge in [0.05, 0.1) is 6.54 Å². The molecule has 1 aromatic heterocycles. The lowest BCUT2D eigenvalue weighted by molar-refractivity contribution is -0.142. The number of amides is 1. The summed E-state index contributed by atoms with van der Waals surface area (Å²) in [6, 6.07) is 0.426. The van der Waals surface area contributed by atoms with Gasteiger partial charge in [0, 0.05) is 24.2 Å². The van der Waals surface area contributed by atoms with Gasteiger partial charge in [-0.2, -0.15) is 0 Å². The number of carbonyl (C=O) groups is 1. The molecule has 0 aromatic carbocycles. The summed E-state index contributed by atoms with van der Waals surface area (Å²) < 4.78 is 5.48. The van der Waals surface area contributed by atoms with E-state index in [4.69, 9.17) is 4.74 Å². The molecule has 17 heavy (non-hydrogen) atoms. The van der Waals surface area contributed by atoms with Crippen LogP contribution in [-0.4, -0.2) is 34.5 Å². The Labute approximate surface area is 105 Å². The highest BCUT2D eigenvalue weighted by Gasteiger charge is 2.37. The summed E-state index contributed by atoms with van der Waals surface area (Å²) in [6.07, 6.45) is 5.73. The predicted octanol–water partition coefficient (Wildman–Crippen LogP) is 1.81. The fourth-order valence-electron chi connectivity index (χ4n) is 2.21. The molecule has 0 radical (unpaired) electrons. The van der Waals surface area contributed by atoms with Crippen molar-refractivity contribution in [1.82, 2.24) is 9.88 Å². The summed E-state index contributed by atoms with van der Waals surface area (Å²) >= 11 is 1.61. The normalized spacial score (nSPS) is 23.9. The Bertz CT molecular complexity index is 383. The van der Waals surface area contributed by atoms with Crippen LogP contribution in [0.4, 0.5) is 0 Å². The smallest absolute Gasteiger partial charge is 0.252 e. The van der Waals surface area contributed by atoms with Gasteiger partial charge in [-0.1, -0.05) is 0 Å². The Hall–Kier alpha value is -0.940. The largest absolute Gasteiger partial charge is 0.368 e. The second-order valence-corrected chi connectivity index (χ2v) is 5.60. The summed E-state index contributed by atoms with van der Waals surface area (Å²) in [5, 5.41) is 2.97. The van der Waals surface area contributed by atoms with Crippen molar-refractivity contribution in [1.29, 1.82) is 0 Å². The van der Waals surface area contributed by atoms with Crippen LogP contribution in [0.3, 0.4) is 0 Å². The molecule has 1 saturated carbocycles. The van der Waals surface area contributed by atoms with Gasteiger partial charge in [-0.3, -0.25) is 4.79 Å². The van der Waals surface area contributed by atoms with Gasteiger partial charge in [0.25, 0.3) is 5.91 Å². The number of rotatable bonds is 4. The first-order valence-corrected chi connectivity index (χ1v) is 7.03. The minimum atomic E-state index is -0.199. The molecule has 2 heterocycles. The van der Waals surface area contributed by atoms with E-state index in [2.05, 4.69) is 4.98 Å². The van der Waals surface area contributed by atoms with Crippen molar-refractivity contribution in [3.8, 4) is 0 Å². The Kier molecular flexibility index (Phi) is 3.11. The Morgan fingerprint density at radius 1 is 1.53 bits per heavy atom. The third-order valence-electron chi connectivity index (χ3n) is 3.26. The first-order chi connectivity index (χ1) is 8.34. The molecule has 3 rings (SSSR count). The number of nitrogens with zero attached hydrogens (tertiary/aromatic N) is 2. The van der Waals surface area contributed by atoms with E-state index in [0.29, 0.717) is 12.6 Å². The lowest BCUT2D eigenvalue weighted by atomic mass is 10.2.